The molecular formula is C14H13FN4O. The van der Waals surface area contributed by atoms with Gasteiger partial charge in [-0.2, -0.15) is 9.61 Å². The standard InChI is InChI=1S/C14H13FN4O/c1-18-11(8-16)6-14(20)19-13(18)7-12(17-19)9-2-4-10(15)5-3-9/h2-7H,8,16H2,1H3. The number of aromatic nitrogens is 3. The molecule has 0 aliphatic carbocycles. The molecule has 0 amide bonds. The Balaban J connectivity index is 2.25. The highest BCUT2D eigenvalue weighted by molar-refractivity contribution is 5.64. The summed E-state index contributed by atoms with van der Waals surface area (Å²) in [6.45, 7) is 0.277. The summed E-state index contributed by atoms with van der Waals surface area (Å²) in [4.78, 5) is 12.0. The summed E-state index contributed by atoms with van der Waals surface area (Å²) in [5, 5.41) is 4.27. The summed E-state index contributed by atoms with van der Waals surface area (Å²) in [7, 11) is 1.83. The number of halogens is 1. The van der Waals surface area contributed by atoms with E-state index in [0.29, 0.717) is 11.3 Å². The van der Waals surface area contributed by atoms with Crippen LogP contribution in [-0.4, -0.2) is 14.2 Å². The minimum absolute atomic E-state index is 0.230. The van der Waals surface area contributed by atoms with Crippen molar-refractivity contribution in [2.75, 3.05) is 0 Å². The van der Waals surface area contributed by atoms with Crippen LogP contribution in [0.15, 0.2) is 41.2 Å². The van der Waals surface area contributed by atoms with E-state index in [1.54, 1.807) is 18.2 Å². The molecule has 5 nitrogen and oxygen atoms in total. The van der Waals surface area contributed by atoms with Gasteiger partial charge in [0.25, 0.3) is 5.56 Å². The van der Waals surface area contributed by atoms with Crippen LogP contribution < -0.4 is 11.3 Å². The van der Waals surface area contributed by atoms with Gasteiger partial charge in [-0.3, -0.25) is 4.79 Å². The zero-order valence-electron chi connectivity index (χ0n) is 10.9. The molecule has 102 valence electrons. The topological polar surface area (TPSA) is 65.3 Å². The highest BCUT2D eigenvalue weighted by atomic mass is 19.1. The quantitative estimate of drug-likeness (QED) is 0.764. The van der Waals surface area contributed by atoms with E-state index >= 15 is 0 Å². The maximum absolute atomic E-state index is 12.9. The molecule has 0 saturated heterocycles. The molecule has 1 aromatic carbocycles. The minimum Gasteiger partial charge on any atom is -0.331 e. The molecule has 20 heavy (non-hydrogen) atoms. The highest BCUT2D eigenvalue weighted by Crippen LogP contribution is 2.19. The van der Waals surface area contributed by atoms with Gasteiger partial charge in [-0.15, -0.1) is 0 Å². The number of rotatable bonds is 2. The summed E-state index contributed by atoms with van der Waals surface area (Å²) in [5.74, 6) is -0.307. The van der Waals surface area contributed by atoms with Crippen LogP contribution in [0.3, 0.4) is 0 Å². The molecule has 3 rings (SSSR count). The third kappa shape index (κ3) is 1.90. The normalized spacial score (nSPS) is 11.2. The predicted molar refractivity (Wildman–Crippen MR) is 73.7 cm³/mol. The number of nitrogens with two attached hydrogens (primary N) is 1. The Morgan fingerprint density at radius 1 is 1.25 bits per heavy atom. The van der Waals surface area contributed by atoms with Crippen LogP contribution in [0.1, 0.15) is 5.69 Å². The van der Waals surface area contributed by atoms with Gasteiger partial charge < -0.3 is 10.3 Å². The van der Waals surface area contributed by atoms with Crippen LogP contribution in [0.25, 0.3) is 16.9 Å². The van der Waals surface area contributed by atoms with E-state index in [9.17, 15) is 9.18 Å². The first-order valence-corrected chi connectivity index (χ1v) is 6.15. The van der Waals surface area contributed by atoms with Crippen molar-refractivity contribution < 1.29 is 4.39 Å². The maximum Gasteiger partial charge on any atom is 0.274 e. The van der Waals surface area contributed by atoms with Gasteiger partial charge in [0.15, 0.2) is 0 Å². The molecule has 0 atom stereocenters. The summed E-state index contributed by atoms with van der Waals surface area (Å²) >= 11 is 0. The lowest BCUT2D eigenvalue weighted by Gasteiger charge is -2.07. The number of hydrogen-bond donors (Lipinski definition) is 1. The first kappa shape index (κ1) is 12.6. The first-order chi connectivity index (χ1) is 9.60. The summed E-state index contributed by atoms with van der Waals surface area (Å²) in [6.07, 6.45) is 0. The van der Waals surface area contributed by atoms with Crippen LogP contribution >= 0.6 is 0 Å². The van der Waals surface area contributed by atoms with Gasteiger partial charge in [-0.1, -0.05) is 0 Å². The molecule has 0 aliphatic rings. The Hall–Kier alpha value is -2.47. The van der Waals surface area contributed by atoms with Gasteiger partial charge in [0.05, 0.1) is 5.69 Å². The first-order valence-electron chi connectivity index (χ1n) is 6.15. The Morgan fingerprint density at radius 3 is 2.60 bits per heavy atom. The van der Waals surface area contributed by atoms with Gasteiger partial charge in [0.1, 0.15) is 11.5 Å². The van der Waals surface area contributed by atoms with Crippen molar-refractivity contribution in [1.82, 2.24) is 14.2 Å². The molecule has 0 radical (unpaired) electrons. The van der Waals surface area contributed by atoms with Crippen molar-refractivity contribution in [3.63, 3.8) is 0 Å². The molecule has 0 spiro atoms. The molecule has 0 aliphatic heterocycles. The maximum atomic E-state index is 12.9. The Morgan fingerprint density at radius 2 is 1.95 bits per heavy atom. The second kappa shape index (κ2) is 4.57. The predicted octanol–water partition coefficient (Wildman–Crippen LogP) is 1.30. The third-order valence-corrected chi connectivity index (χ3v) is 3.31. The molecule has 0 fully saturated rings. The summed E-state index contributed by atoms with van der Waals surface area (Å²) in [5.41, 5.74) is 8.14. The Bertz CT molecular complexity index is 833. The molecule has 0 unspecified atom stereocenters. The fraction of sp³-hybridized carbons (Fsp3) is 0.143. The zero-order chi connectivity index (χ0) is 14.3. The van der Waals surface area contributed by atoms with E-state index in [1.807, 2.05) is 11.6 Å². The Kier molecular flexibility index (Phi) is 2.87. The monoisotopic (exact) mass is 272 g/mol. The average Bonchev–Trinajstić information content (AvgIpc) is 2.89. The van der Waals surface area contributed by atoms with Crippen LogP contribution in [0.5, 0.6) is 0 Å². The summed E-state index contributed by atoms with van der Waals surface area (Å²) < 4.78 is 16.1. The van der Waals surface area contributed by atoms with E-state index in [0.717, 1.165) is 11.3 Å². The van der Waals surface area contributed by atoms with Crippen molar-refractivity contribution in [2.45, 2.75) is 6.54 Å². The minimum atomic E-state index is -0.307. The summed E-state index contributed by atoms with van der Waals surface area (Å²) in [6, 6.07) is 9.24. The molecule has 2 aromatic heterocycles. The molecule has 0 bridgehead atoms. The molecule has 0 saturated carbocycles. The SMILES string of the molecule is Cn1c(CN)cc(=O)n2nc(-c3ccc(F)cc3)cc12. The smallest absolute Gasteiger partial charge is 0.274 e. The Labute approximate surface area is 114 Å². The largest absolute Gasteiger partial charge is 0.331 e. The number of nitrogens with zero attached hydrogens (tertiary/aromatic N) is 3. The lowest BCUT2D eigenvalue weighted by molar-refractivity contribution is 0.628. The zero-order valence-corrected chi connectivity index (χ0v) is 10.9. The van der Waals surface area contributed by atoms with Crippen molar-refractivity contribution in [3.05, 3.63) is 58.3 Å². The van der Waals surface area contributed by atoms with Gasteiger partial charge in [0, 0.05) is 37.0 Å². The third-order valence-electron chi connectivity index (χ3n) is 3.31. The van der Waals surface area contributed by atoms with E-state index in [1.165, 1.54) is 22.7 Å². The molecule has 2 N–H and O–H groups in total. The van der Waals surface area contributed by atoms with E-state index in [2.05, 4.69) is 5.10 Å². The van der Waals surface area contributed by atoms with Crippen molar-refractivity contribution in [3.8, 4) is 11.3 Å². The van der Waals surface area contributed by atoms with Gasteiger partial charge in [-0.25, -0.2) is 4.39 Å². The molecular weight excluding hydrogens is 259 g/mol. The fourth-order valence-corrected chi connectivity index (χ4v) is 2.18. The molecule has 2 heterocycles. The van der Waals surface area contributed by atoms with Crippen LogP contribution in [0.4, 0.5) is 4.39 Å². The molecule has 3 aromatic rings. The van der Waals surface area contributed by atoms with Gasteiger partial charge in [0.2, 0.25) is 0 Å². The van der Waals surface area contributed by atoms with E-state index in [-0.39, 0.29) is 17.9 Å². The lowest BCUT2D eigenvalue weighted by atomic mass is 10.1. The fourth-order valence-electron chi connectivity index (χ4n) is 2.18. The van der Waals surface area contributed by atoms with Crippen LogP contribution in [0, 0.1) is 5.82 Å². The number of benzene rings is 1. The number of aryl methyl sites for hydroxylation is 1. The second-order valence-electron chi connectivity index (χ2n) is 4.54. The van der Waals surface area contributed by atoms with Crippen molar-refractivity contribution in [1.29, 1.82) is 0 Å². The number of fused-ring (bicyclic) bond motifs is 1. The molecule has 6 heteroatoms. The number of hydrogen-bond acceptors (Lipinski definition) is 3. The van der Waals surface area contributed by atoms with Gasteiger partial charge >= 0.3 is 0 Å². The van der Waals surface area contributed by atoms with E-state index in [4.69, 9.17) is 5.73 Å². The van der Waals surface area contributed by atoms with Crippen molar-refractivity contribution in [2.24, 2.45) is 12.8 Å². The second-order valence-corrected chi connectivity index (χ2v) is 4.54. The van der Waals surface area contributed by atoms with Crippen LogP contribution in [0.2, 0.25) is 0 Å². The van der Waals surface area contributed by atoms with Crippen LogP contribution in [-0.2, 0) is 13.6 Å². The van der Waals surface area contributed by atoms with E-state index < -0.39 is 0 Å². The van der Waals surface area contributed by atoms with Crippen molar-refractivity contribution >= 4 is 5.65 Å². The lowest BCUT2D eigenvalue weighted by Crippen LogP contribution is -2.21. The highest BCUT2D eigenvalue weighted by Gasteiger charge is 2.10. The van der Waals surface area contributed by atoms with Gasteiger partial charge in [-0.05, 0) is 24.3 Å². The average molecular weight is 272 g/mol.